The van der Waals surface area contributed by atoms with Crippen molar-refractivity contribution in [2.24, 2.45) is 11.7 Å². The lowest BCUT2D eigenvalue weighted by atomic mass is 10.0. The Morgan fingerprint density at radius 1 is 1.58 bits per heavy atom. The summed E-state index contributed by atoms with van der Waals surface area (Å²) in [6, 6.07) is -0.806. The van der Waals surface area contributed by atoms with E-state index in [0.717, 1.165) is 0 Å². The van der Waals surface area contributed by atoms with Gasteiger partial charge in [-0.05, 0) is 13.3 Å². The van der Waals surface area contributed by atoms with Gasteiger partial charge in [0.05, 0.1) is 12.0 Å². The maximum absolute atomic E-state index is 11.2. The maximum Gasteiger partial charge on any atom is 0.318 e. The first-order chi connectivity index (χ1) is 5.61. The number of amides is 3. The summed E-state index contributed by atoms with van der Waals surface area (Å²) >= 11 is 0. The molecule has 1 aliphatic heterocycles. The van der Waals surface area contributed by atoms with Crippen LogP contribution in [-0.2, 0) is 9.53 Å². The zero-order valence-electron chi connectivity index (χ0n) is 6.87. The van der Waals surface area contributed by atoms with E-state index in [-0.39, 0.29) is 17.9 Å². The summed E-state index contributed by atoms with van der Waals surface area (Å²) in [4.78, 5) is 21.5. The maximum atomic E-state index is 11.2. The van der Waals surface area contributed by atoms with Gasteiger partial charge in [0.25, 0.3) is 0 Å². The van der Waals surface area contributed by atoms with Gasteiger partial charge in [0.2, 0.25) is 5.91 Å². The van der Waals surface area contributed by atoms with Crippen LogP contribution in [0.5, 0.6) is 0 Å². The molecule has 0 spiro atoms. The second-order valence-corrected chi connectivity index (χ2v) is 2.82. The third-order valence-electron chi connectivity index (χ3n) is 1.96. The average molecular weight is 172 g/mol. The number of imide groups is 1. The number of rotatable bonds is 1. The second kappa shape index (κ2) is 3.53. The van der Waals surface area contributed by atoms with Gasteiger partial charge in [0.15, 0.2) is 0 Å². The molecule has 3 amide bonds. The Morgan fingerprint density at radius 3 is 2.67 bits per heavy atom. The van der Waals surface area contributed by atoms with Gasteiger partial charge in [-0.2, -0.15) is 0 Å². The summed E-state index contributed by atoms with van der Waals surface area (Å²) in [6.45, 7) is 2.37. The lowest BCUT2D eigenvalue weighted by molar-refractivity contribution is -0.125. The molecular weight excluding hydrogens is 160 g/mol. The highest BCUT2D eigenvalue weighted by Gasteiger charge is 2.31. The zero-order chi connectivity index (χ0) is 9.14. The van der Waals surface area contributed by atoms with Crippen molar-refractivity contribution in [3.8, 4) is 0 Å². The Kier molecular flexibility index (Phi) is 2.65. The average Bonchev–Trinajstić information content (AvgIpc) is 2.33. The van der Waals surface area contributed by atoms with E-state index in [1.165, 1.54) is 0 Å². The highest BCUT2D eigenvalue weighted by atomic mass is 16.5. The topological polar surface area (TPSA) is 81.4 Å². The van der Waals surface area contributed by atoms with E-state index in [2.05, 4.69) is 0 Å². The van der Waals surface area contributed by atoms with E-state index in [1.54, 1.807) is 6.92 Å². The molecular formula is C7H12N2O3. The van der Waals surface area contributed by atoms with Crippen molar-refractivity contribution in [1.82, 2.24) is 5.32 Å². The zero-order valence-corrected chi connectivity index (χ0v) is 6.87. The molecule has 68 valence electrons. The van der Waals surface area contributed by atoms with Crippen molar-refractivity contribution in [3.63, 3.8) is 0 Å². The van der Waals surface area contributed by atoms with Crippen LogP contribution in [0.2, 0.25) is 0 Å². The molecule has 0 aliphatic carbocycles. The molecule has 1 rings (SSSR count). The largest absolute Gasteiger partial charge is 0.378 e. The summed E-state index contributed by atoms with van der Waals surface area (Å²) in [6.07, 6.45) is 0.532. The Balaban J connectivity index is 2.46. The lowest BCUT2D eigenvalue weighted by Gasteiger charge is -2.11. The number of hydrogen-bond donors (Lipinski definition) is 2. The molecule has 2 unspecified atom stereocenters. The third kappa shape index (κ3) is 1.94. The van der Waals surface area contributed by atoms with Crippen LogP contribution >= 0.6 is 0 Å². The van der Waals surface area contributed by atoms with Gasteiger partial charge in [-0.15, -0.1) is 0 Å². The minimum Gasteiger partial charge on any atom is -0.378 e. The van der Waals surface area contributed by atoms with E-state index in [1.807, 2.05) is 5.32 Å². The number of primary amides is 1. The molecule has 1 heterocycles. The third-order valence-corrected chi connectivity index (χ3v) is 1.96. The number of urea groups is 1. The summed E-state index contributed by atoms with van der Waals surface area (Å²) in [5.74, 6) is -0.579. The van der Waals surface area contributed by atoms with E-state index < -0.39 is 6.03 Å². The van der Waals surface area contributed by atoms with Gasteiger partial charge in [-0.1, -0.05) is 0 Å². The summed E-state index contributed by atoms with van der Waals surface area (Å²) < 4.78 is 5.16. The van der Waals surface area contributed by atoms with Gasteiger partial charge in [0.1, 0.15) is 0 Å². The van der Waals surface area contributed by atoms with Gasteiger partial charge in [-0.3, -0.25) is 10.1 Å². The van der Waals surface area contributed by atoms with E-state index in [0.29, 0.717) is 13.0 Å². The number of hydrogen-bond acceptors (Lipinski definition) is 3. The molecule has 1 aliphatic rings. The predicted molar refractivity (Wildman–Crippen MR) is 41.2 cm³/mol. The summed E-state index contributed by atoms with van der Waals surface area (Å²) in [7, 11) is 0. The molecule has 1 saturated heterocycles. The molecule has 0 saturated carbocycles. The molecule has 2 atom stereocenters. The van der Waals surface area contributed by atoms with Crippen molar-refractivity contribution >= 4 is 11.9 Å². The standard InChI is InChI=1S/C7H12N2O3/c1-4-5(2-3-12-4)6(10)9-7(8)11/h4-5H,2-3H2,1H3,(H3,8,9,10,11). The summed E-state index contributed by atoms with van der Waals surface area (Å²) in [5.41, 5.74) is 4.79. The monoisotopic (exact) mass is 172 g/mol. The highest BCUT2D eigenvalue weighted by molar-refractivity contribution is 5.95. The minimum absolute atomic E-state index is 0.121. The van der Waals surface area contributed by atoms with Gasteiger partial charge >= 0.3 is 6.03 Å². The van der Waals surface area contributed by atoms with Crippen LogP contribution in [0, 0.1) is 5.92 Å². The molecule has 0 aromatic carbocycles. The van der Waals surface area contributed by atoms with E-state index in [4.69, 9.17) is 10.5 Å². The number of carbonyl (C=O) groups excluding carboxylic acids is 2. The van der Waals surface area contributed by atoms with Crippen molar-refractivity contribution in [1.29, 1.82) is 0 Å². The SMILES string of the molecule is CC1OCCC1C(=O)NC(N)=O. The lowest BCUT2D eigenvalue weighted by Crippen LogP contribution is -2.41. The Hall–Kier alpha value is -1.10. The Bertz CT molecular complexity index is 205. The smallest absolute Gasteiger partial charge is 0.318 e. The van der Waals surface area contributed by atoms with E-state index in [9.17, 15) is 9.59 Å². The number of carbonyl (C=O) groups is 2. The fourth-order valence-corrected chi connectivity index (χ4v) is 1.29. The van der Waals surface area contributed by atoms with Crippen molar-refractivity contribution < 1.29 is 14.3 Å². The molecule has 0 aromatic heterocycles. The molecule has 0 radical (unpaired) electrons. The van der Waals surface area contributed by atoms with Gasteiger partial charge < -0.3 is 10.5 Å². The van der Waals surface area contributed by atoms with Crippen LogP contribution in [0.25, 0.3) is 0 Å². The molecule has 0 bridgehead atoms. The highest BCUT2D eigenvalue weighted by Crippen LogP contribution is 2.19. The minimum atomic E-state index is -0.806. The molecule has 1 fully saturated rings. The van der Waals surface area contributed by atoms with Crippen molar-refractivity contribution in [2.45, 2.75) is 19.4 Å². The second-order valence-electron chi connectivity index (χ2n) is 2.82. The van der Waals surface area contributed by atoms with Gasteiger partial charge in [-0.25, -0.2) is 4.79 Å². The Morgan fingerprint density at radius 2 is 2.25 bits per heavy atom. The van der Waals surface area contributed by atoms with Crippen molar-refractivity contribution in [2.75, 3.05) is 6.61 Å². The number of nitrogens with two attached hydrogens (primary N) is 1. The fourth-order valence-electron chi connectivity index (χ4n) is 1.29. The molecule has 5 nitrogen and oxygen atoms in total. The van der Waals surface area contributed by atoms with Crippen LogP contribution in [0.4, 0.5) is 4.79 Å². The Labute approximate surface area is 70.2 Å². The first-order valence-electron chi connectivity index (χ1n) is 3.83. The molecule has 5 heteroatoms. The van der Waals surface area contributed by atoms with Crippen molar-refractivity contribution in [3.05, 3.63) is 0 Å². The van der Waals surface area contributed by atoms with Crippen LogP contribution in [0.15, 0.2) is 0 Å². The molecule has 12 heavy (non-hydrogen) atoms. The quantitative estimate of drug-likeness (QED) is 0.565. The van der Waals surface area contributed by atoms with E-state index >= 15 is 0 Å². The van der Waals surface area contributed by atoms with Crippen LogP contribution < -0.4 is 11.1 Å². The van der Waals surface area contributed by atoms with Gasteiger partial charge in [0, 0.05) is 6.61 Å². The summed E-state index contributed by atoms with van der Waals surface area (Å²) in [5, 5.41) is 2.04. The molecule has 3 N–H and O–H groups in total. The fraction of sp³-hybridized carbons (Fsp3) is 0.714. The molecule has 0 aromatic rings. The van der Waals surface area contributed by atoms with Crippen LogP contribution in [-0.4, -0.2) is 24.6 Å². The van der Waals surface area contributed by atoms with Crippen LogP contribution in [0.3, 0.4) is 0 Å². The predicted octanol–water partition coefficient (Wildman–Crippen LogP) is -0.394. The first kappa shape index (κ1) is 8.99. The first-order valence-corrected chi connectivity index (χ1v) is 3.83. The normalized spacial score (nSPS) is 28.4. The number of nitrogens with one attached hydrogen (secondary N) is 1. The number of ether oxygens (including phenoxy) is 1. The van der Waals surface area contributed by atoms with Crippen LogP contribution in [0.1, 0.15) is 13.3 Å².